The normalized spacial score (nSPS) is 18.6. The number of H-pyrrole nitrogens is 1. The zero-order valence-electron chi connectivity index (χ0n) is 15.6. The molecule has 2 aromatic heterocycles. The van der Waals surface area contributed by atoms with Crippen molar-refractivity contribution in [3.05, 3.63) is 47.7 Å². The summed E-state index contributed by atoms with van der Waals surface area (Å²) in [6.07, 6.45) is 1.55. The average Bonchev–Trinajstić information content (AvgIpc) is 3.27. The van der Waals surface area contributed by atoms with Crippen LogP contribution in [0.15, 0.2) is 30.3 Å². The molecule has 2 heterocycles. The van der Waals surface area contributed by atoms with Crippen molar-refractivity contribution in [1.29, 1.82) is 0 Å². The number of amides is 1. The maximum atomic E-state index is 12.8. The number of nitrogens with one attached hydrogen (secondary N) is 2. The Morgan fingerprint density at radius 1 is 1.32 bits per heavy atom. The largest absolute Gasteiger partial charge is 0.388 e. The number of hydrogen-bond acceptors (Lipinski definition) is 6. The van der Waals surface area contributed by atoms with Gasteiger partial charge in [0.1, 0.15) is 18.1 Å². The molecule has 0 aliphatic heterocycles. The number of hydrogen-bond donors (Lipinski definition) is 4. The van der Waals surface area contributed by atoms with Crippen LogP contribution in [0.5, 0.6) is 0 Å². The Hall–Kier alpha value is -3.20. The summed E-state index contributed by atoms with van der Waals surface area (Å²) in [6, 6.07) is 9.53. The van der Waals surface area contributed by atoms with E-state index in [2.05, 4.69) is 25.7 Å². The molecule has 0 radical (unpaired) electrons. The van der Waals surface area contributed by atoms with Crippen LogP contribution in [0.1, 0.15) is 47.8 Å². The lowest BCUT2D eigenvalue weighted by Crippen LogP contribution is -2.44. The lowest BCUT2D eigenvalue weighted by Gasteiger charge is -2.35. The number of aromatic amines is 1. The topological polar surface area (TPSA) is 135 Å². The Labute approximate surface area is 162 Å². The maximum absolute atomic E-state index is 12.8. The van der Waals surface area contributed by atoms with Crippen molar-refractivity contribution in [1.82, 2.24) is 30.3 Å². The van der Waals surface area contributed by atoms with E-state index < -0.39 is 0 Å². The van der Waals surface area contributed by atoms with E-state index in [1.165, 1.54) is 0 Å². The Kier molecular flexibility index (Phi) is 4.82. The third kappa shape index (κ3) is 3.13. The first-order chi connectivity index (χ1) is 13.6. The minimum absolute atomic E-state index is 0.0465. The molecule has 0 atom stereocenters. The standard InChI is InChI=1S/C19H23N7O2/c1-2-26-14(10-27)22-25-18(26)12-8-13(9-12)21-19(28)16-15(17(20)24-23-16)11-6-4-3-5-7-11/h3-7,12-13,27H,2,8-10H2,1H3,(H,21,28)(H3,20,23,24). The van der Waals surface area contributed by atoms with Crippen LogP contribution >= 0.6 is 0 Å². The van der Waals surface area contributed by atoms with Gasteiger partial charge in [0, 0.05) is 18.5 Å². The van der Waals surface area contributed by atoms with Crippen molar-refractivity contribution in [3.8, 4) is 11.1 Å². The number of aromatic nitrogens is 5. The fourth-order valence-corrected chi connectivity index (χ4v) is 3.73. The van der Waals surface area contributed by atoms with Gasteiger partial charge in [-0.05, 0) is 25.3 Å². The van der Waals surface area contributed by atoms with Crippen LogP contribution < -0.4 is 11.1 Å². The van der Waals surface area contributed by atoms with Gasteiger partial charge in [0.15, 0.2) is 11.6 Å². The quantitative estimate of drug-likeness (QED) is 0.510. The molecule has 146 valence electrons. The van der Waals surface area contributed by atoms with Crippen molar-refractivity contribution in [2.75, 3.05) is 5.73 Å². The molecule has 1 saturated carbocycles. The van der Waals surface area contributed by atoms with Crippen LogP contribution in [0.25, 0.3) is 11.1 Å². The number of benzene rings is 1. The van der Waals surface area contributed by atoms with E-state index in [1.807, 2.05) is 41.8 Å². The van der Waals surface area contributed by atoms with Crippen LogP contribution in [0.4, 0.5) is 5.82 Å². The summed E-state index contributed by atoms with van der Waals surface area (Å²) in [5.41, 5.74) is 7.80. The predicted octanol–water partition coefficient (Wildman–Crippen LogP) is 1.44. The molecule has 9 nitrogen and oxygen atoms in total. The summed E-state index contributed by atoms with van der Waals surface area (Å²) in [5, 5.41) is 27.4. The van der Waals surface area contributed by atoms with E-state index in [4.69, 9.17) is 5.73 Å². The first-order valence-corrected chi connectivity index (χ1v) is 9.35. The Morgan fingerprint density at radius 3 is 2.75 bits per heavy atom. The molecule has 4 rings (SSSR count). The highest BCUT2D eigenvalue weighted by Gasteiger charge is 2.36. The summed E-state index contributed by atoms with van der Waals surface area (Å²) in [6.45, 7) is 2.58. The molecule has 1 aliphatic rings. The molecule has 28 heavy (non-hydrogen) atoms. The number of nitrogen functional groups attached to an aromatic ring is 1. The van der Waals surface area contributed by atoms with Crippen molar-refractivity contribution in [2.45, 2.75) is 44.9 Å². The van der Waals surface area contributed by atoms with Gasteiger partial charge in [-0.2, -0.15) is 5.10 Å². The highest BCUT2D eigenvalue weighted by molar-refractivity contribution is 6.01. The van der Waals surface area contributed by atoms with Crippen LogP contribution in [0, 0.1) is 0 Å². The highest BCUT2D eigenvalue weighted by Crippen LogP contribution is 2.37. The van der Waals surface area contributed by atoms with E-state index in [9.17, 15) is 9.90 Å². The first kappa shape index (κ1) is 18.2. The van der Waals surface area contributed by atoms with Crippen molar-refractivity contribution < 1.29 is 9.90 Å². The number of aliphatic hydroxyl groups excluding tert-OH is 1. The minimum Gasteiger partial charge on any atom is -0.388 e. The number of anilines is 1. The zero-order chi connectivity index (χ0) is 19.7. The molecule has 1 amide bonds. The molecule has 0 saturated heterocycles. The predicted molar refractivity (Wildman–Crippen MR) is 103 cm³/mol. The summed E-state index contributed by atoms with van der Waals surface area (Å²) in [4.78, 5) is 12.8. The molecular formula is C19H23N7O2. The SMILES string of the molecule is CCn1c(CO)nnc1C1CC(NC(=O)c2[nH]nc(N)c2-c2ccccc2)C1. The van der Waals surface area contributed by atoms with Crippen LogP contribution in [-0.4, -0.2) is 42.0 Å². The fourth-order valence-electron chi connectivity index (χ4n) is 3.73. The average molecular weight is 381 g/mol. The van der Waals surface area contributed by atoms with Gasteiger partial charge >= 0.3 is 0 Å². The third-order valence-electron chi connectivity index (χ3n) is 5.24. The smallest absolute Gasteiger partial charge is 0.270 e. The van der Waals surface area contributed by atoms with Gasteiger partial charge < -0.3 is 20.7 Å². The van der Waals surface area contributed by atoms with Gasteiger partial charge in [-0.15, -0.1) is 10.2 Å². The second-order valence-electron chi connectivity index (χ2n) is 6.94. The van der Waals surface area contributed by atoms with Crippen molar-refractivity contribution in [3.63, 3.8) is 0 Å². The monoisotopic (exact) mass is 381 g/mol. The summed E-state index contributed by atoms with van der Waals surface area (Å²) >= 11 is 0. The third-order valence-corrected chi connectivity index (χ3v) is 5.24. The highest BCUT2D eigenvalue weighted by atomic mass is 16.3. The fraction of sp³-hybridized carbons (Fsp3) is 0.368. The van der Waals surface area contributed by atoms with E-state index >= 15 is 0 Å². The van der Waals surface area contributed by atoms with E-state index in [1.54, 1.807) is 0 Å². The molecule has 0 spiro atoms. The van der Waals surface area contributed by atoms with Crippen molar-refractivity contribution in [2.24, 2.45) is 0 Å². The summed E-state index contributed by atoms with van der Waals surface area (Å²) < 4.78 is 1.94. The Balaban J connectivity index is 1.44. The minimum atomic E-state index is -0.223. The number of carbonyl (C=O) groups is 1. The molecule has 1 aliphatic carbocycles. The van der Waals surface area contributed by atoms with E-state index in [0.717, 1.165) is 24.2 Å². The van der Waals surface area contributed by atoms with E-state index in [-0.39, 0.29) is 24.5 Å². The van der Waals surface area contributed by atoms with Gasteiger partial charge in [-0.25, -0.2) is 0 Å². The number of nitrogens with two attached hydrogens (primary N) is 1. The lowest BCUT2D eigenvalue weighted by molar-refractivity contribution is 0.0902. The number of carbonyl (C=O) groups excluding carboxylic acids is 1. The second kappa shape index (κ2) is 7.43. The summed E-state index contributed by atoms with van der Waals surface area (Å²) in [7, 11) is 0. The molecule has 5 N–H and O–H groups in total. The van der Waals surface area contributed by atoms with Gasteiger partial charge in [0.25, 0.3) is 5.91 Å². The number of rotatable bonds is 6. The molecule has 0 unspecified atom stereocenters. The van der Waals surface area contributed by atoms with Crippen LogP contribution in [0.3, 0.4) is 0 Å². The van der Waals surface area contributed by atoms with Crippen molar-refractivity contribution >= 4 is 11.7 Å². The zero-order valence-corrected chi connectivity index (χ0v) is 15.6. The lowest BCUT2D eigenvalue weighted by atomic mass is 9.79. The van der Waals surface area contributed by atoms with Crippen LogP contribution in [-0.2, 0) is 13.2 Å². The Morgan fingerprint density at radius 2 is 2.07 bits per heavy atom. The second-order valence-corrected chi connectivity index (χ2v) is 6.94. The molecule has 3 aromatic rings. The molecular weight excluding hydrogens is 358 g/mol. The van der Waals surface area contributed by atoms with Gasteiger partial charge in [0.05, 0.1) is 5.56 Å². The van der Waals surface area contributed by atoms with Gasteiger partial charge in [-0.1, -0.05) is 30.3 Å². The molecule has 0 bridgehead atoms. The molecule has 1 fully saturated rings. The Bertz CT molecular complexity index is 974. The summed E-state index contributed by atoms with van der Waals surface area (Å²) in [5.74, 6) is 1.74. The van der Waals surface area contributed by atoms with Gasteiger partial charge in [-0.3, -0.25) is 9.89 Å². The maximum Gasteiger partial charge on any atom is 0.270 e. The number of nitrogens with zero attached hydrogens (tertiary/aromatic N) is 4. The molecule has 9 heteroatoms. The number of aliphatic hydroxyl groups is 1. The first-order valence-electron chi connectivity index (χ1n) is 9.35. The molecule has 1 aromatic carbocycles. The van der Waals surface area contributed by atoms with Crippen LogP contribution in [0.2, 0.25) is 0 Å². The van der Waals surface area contributed by atoms with Gasteiger partial charge in [0.2, 0.25) is 0 Å². The van der Waals surface area contributed by atoms with E-state index in [0.29, 0.717) is 29.4 Å².